The van der Waals surface area contributed by atoms with Crippen LogP contribution >= 0.6 is 0 Å². The number of para-hydroxylation sites is 3. The van der Waals surface area contributed by atoms with E-state index in [1.54, 1.807) is 0 Å². The number of aromatic nitrogens is 5. The Labute approximate surface area is 615 Å². The zero-order chi connectivity index (χ0) is 70.6. The van der Waals surface area contributed by atoms with Gasteiger partial charge in [-0.25, -0.2) is 9.97 Å². The van der Waals surface area contributed by atoms with Crippen molar-refractivity contribution in [1.29, 1.82) is 0 Å². The van der Waals surface area contributed by atoms with Crippen LogP contribution in [0.15, 0.2) is 322 Å². The highest BCUT2D eigenvalue weighted by Crippen LogP contribution is 2.54. The zero-order valence-electron chi connectivity index (χ0n) is 59.8. The van der Waals surface area contributed by atoms with Crippen molar-refractivity contribution in [3.05, 3.63) is 355 Å². The Balaban J connectivity index is 0.683. The van der Waals surface area contributed by atoms with Gasteiger partial charge in [0.2, 0.25) is 5.95 Å². The molecular formula is C101H71N5. The highest BCUT2D eigenvalue weighted by molar-refractivity contribution is 6.13. The maximum absolute atomic E-state index is 5.85. The lowest BCUT2D eigenvalue weighted by molar-refractivity contribution is 0.660. The molecule has 5 heteroatoms. The van der Waals surface area contributed by atoms with Crippen LogP contribution in [0.2, 0.25) is 0 Å². The molecule has 106 heavy (non-hydrogen) atoms. The molecule has 0 aliphatic heterocycles. The van der Waals surface area contributed by atoms with Crippen LogP contribution in [0.25, 0.3) is 183 Å². The van der Waals surface area contributed by atoms with Gasteiger partial charge < -0.3 is 9.13 Å². The SMILES string of the molecule is CC1(C)c2ccccc2-c2cc(-c3ccc4c5ccccc5n(-c5ccc(-c6ccc(-c7nc(-n8c9ccccc9c9ccc(-c%10ccc%11c(c%10)-c%10ccccc%10C%11(C)C)cc98)nc8ccc(-n9c%10ccccc%10c%10ccc(-c%11ccc%12c(c%11)-c%11ccccc%11C%12(C)C)cc%109)cc78)cc6)cc5)c4c3)ccc21. The van der Waals surface area contributed by atoms with Gasteiger partial charge in [-0.15, -0.1) is 0 Å². The molecule has 0 saturated heterocycles. The highest BCUT2D eigenvalue weighted by Gasteiger charge is 2.38. The predicted octanol–water partition coefficient (Wildman–Crippen LogP) is 26.2. The maximum Gasteiger partial charge on any atom is 0.235 e. The summed E-state index contributed by atoms with van der Waals surface area (Å²) in [7, 11) is 0. The number of hydrogen-bond donors (Lipinski definition) is 0. The normalized spacial score (nSPS) is 14.2. The first-order chi connectivity index (χ1) is 51.8. The molecule has 15 aromatic carbocycles. The quantitative estimate of drug-likeness (QED) is 0.152. The van der Waals surface area contributed by atoms with E-state index in [0.29, 0.717) is 5.95 Å². The van der Waals surface area contributed by atoms with Gasteiger partial charge in [0.05, 0.1) is 44.3 Å². The smallest absolute Gasteiger partial charge is 0.235 e. The van der Waals surface area contributed by atoms with E-state index < -0.39 is 0 Å². The molecule has 4 heterocycles. The first kappa shape index (κ1) is 60.6. The van der Waals surface area contributed by atoms with Crippen molar-refractivity contribution in [3.8, 4) is 106 Å². The van der Waals surface area contributed by atoms with Gasteiger partial charge in [-0.1, -0.05) is 278 Å². The number of hydrogen-bond acceptors (Lipinski definition) is 2. The highest BCUT2D eigenvalue weighted by atomic mass is 15.2. The molecule has 22 rings (SSSR count). The van der Waals surface area contributed by atoms with Crippen LogP contribution in [-0.2, 0) is 16.2 Å². The third-order valence-corrected chi connectivity index (χ3v) is 24.5. The maximum atomic E-state index is 5.85. The summed E-state index contributed by atoms with van der Waals surface area (Å²) in [5.41, 5.74) is 36.9. The molecule has 4 aromatic heterocycles. The predicted molar refractivity (Wildman–Crippen MR) is 442 cm³/mol. The Morgan fingerprint density at radius 2 is 0.519 bits per heavy atom. The molecule has 0 spiro atoms. The number of nitrogens with zero attached hydrogens (tertiary/aromatic N) is 5. The largest absolute Gasteiger partial charge is 0.309 e. The van der Waals surface area contributed by atoms with Crippen molar-refractivity contribution >= 4 is 76.3 Å². The van der Waals surface area contributed by atoms with Crippen LogP contribution in [0.3, 0.4) is 0 Å². The summed E-state index contributed by atoms with van der Waals surface area (Å²) < 4.78 is 7.18. The van der Waals surface area contributed by atoms with Gasteiger partial charge >= 0.3 is 0 Å². The van der Waals surface area contributed by atoms with Crippen LogP contribution in [0.4, 0.5) is 0 Å². The Hall–Kier alpha value is -13.0. The Morgan fingerprint density at radius 3 is 0.962 bits per heavy atom. The molecule has 0 unspecified atom stereocenters. The minimum absolute atomic E-state index is 0.0476. The number of rotatable bonds is 8. The van der Waals surface area contributed by atoms with Crippen LogP contribution in [0.1, 0.15) is 74.9 Å². The zero-order valence-corrected chi connectivity index (χ0v) is 59.8. The van der Waals surface area contributed by atoms with Crippen LogP contribution in [-0.4, -0.2) is 23.7 Å². The Kier molecular flexibility index (Phi) is 12.6. The first-order valence-electron chi connectivity index (χ1n) is 37.2. The van der Waals surface area contributed by atoms with Gasteiger partial charge in [-0.05, 0) is 196 Å². The molecule has 0 fully saturated rings. The average Bonchev–Trinajstić information content (AvgIpc) is 1.57. The van der Waals surface area contributed by atoms with Crippen LogP contribution < -0.4 is 0 Å². The van der Waals surface area contributed by atoms with Crippen LogP contribution in [0, 0.1) is 0 Å². The summed E-state index contributed by atoms with van der Waals surface area (Å²) in [5.74, 6) is 0.615. The van der Waals surface area contributed by atoms with Crippen LogP contribution in [0.5, 0.6) is 0 Å². The van der Waals surface area contributed by atoms with Gasteiger partial charge in [0.1, 0.15) is 0 Å². The van der Waals surface area contributed by atoms with Crippen molar-refractivity contribution in [2.24, 2.45) is 0 Å². The van der Waals surface area contributed by atoms with E-state index in [0.717, 1.165) is 83.1 Å². The lowest BCUT2D eigenvalue weighted by Crippen LogP contribution is -2.14. The Morgan fingerprint density at radius 1 is 0.208 bits per heavy atom. The minimum Gasteiger partial charge on any atom is -0.309 e. The molecule has 3 aliphatic carbocycles. The number of fused-ring (bicyclic) bond motifs is 19. The topological polar surface area (TPSA) is 40.6 Å². The van der Waals surface area contributed by atoms with Gasteiger partial charge in [-0.2, -0.15) is 0 Å². The van der Waals surface area contributed by atoms with E-state index in [1.807, 2.05) is 0 Å². The van der Waals surface area contributed by atoms with Gasteiger partial charge in [-0.3, -0.25) is 4.57 Å². The first-order valence-corrected chi connectivity index (χ1v) is 37.2. The van der Waals surface area contributed by atoms with Crippen molar-refractivity contribution in [2.75, 3.05) is 0 Å². The lowest BCUT2D eigenvalue weighted by Gasteiger charge is -2.21. The van der Waals surface area contributed by atoms with Gasteiger partial charge in [0.15, 0.2) is 0 Å². The summed E-state index contributed by atoms with van der Waals surface area (Å²) in [6.45, 7) is 14.1. The lowest BCUT2D eigenvalue weighted by atomic mass is 9.82. The van der Waals surface area contributed by atoms with E-state index in [2.05, 4.69) is 377 Å². The van der Waals surface area contributed by atoms with E-state index in [4.69, 9.17) is 9.97 Å². The average molecular weight is 1350 g/mol. The van der Waals surface area contributed by atoms with E-state index >= 15 is 0 Å². The molecule has 0 atom stereocenters. The molecule has 0 bridgehead atoms. The summed E-state index contributed by atoms with van der Waals surface area (Å²) in [4.78, 5) is 11.5. The van der Waals surface area contributed by atoms with Crippen molar-refractivity contribution in [3.63, 3.8) is 0 Å². The van der Waals surface area contributed by atoms with Gasteiger partial charge in [0, 0.05) is 70.9 Å². The van der Waals surface area contributed by atoms with E-state index in [-0.39, 0.29) is 16.2 Å². The van der Waals surface area contributed by atoms with E-state index in [9.17, 15) is 0 Å². The Bertz CT molecular complexity index is 7030. The third-order valence-electron chi connectivity index (χ3n) is 24.5. The fourth-order valence-corrected chi connectivity index (χ4v) is 19.1. The third kappa shape index (κ3) is 8.65. The molecule has 0 radical (unpaired) electrons. The van der Waals surface area contributed by atoms with Gasteiger partial charge in [0.25, 0.3) is 0 Å². The summed E-state index contributed by atoms with van der Waals surface area (Å²) in [6, 6.07) is 120. The van der Waals surface area contributed by atoms with Crippen molar-refractivity contribution in [1.82, 2.24) is 23.7 Å². The molecule has 0 N–H and O–H groups in total. The van der Waals surface area contributed by atoms with Crippen molar-refractivity contribution in [2.45, 2.75) is 57.8 Å². The number of benzene rings is 15. The second-order valence-electron chi connectivity index (χ2n) is 31.2. The molecule has 5 nitrogen and oxygen atoms in total. The standard InChI is InChI=1S/C101H71N5/c1-99(2)84-25-13-7-19-71(84)80-53-63(40-49-87(80)99)66-37-46-77-74-22-10-16-28-91(74)104(94(77)56-66)69-43-35-61(36-44-69)60-31-33-62(34-32-60)97-83-59-70(105-92-29-17-11-23-75(92)78-47-38-67(57-95(78)105)64-41-50-88-81(54-64)72-20-8-14-26-85(72)100(88,3)4)45-52-90(83)102-98(103-97)106-93-30-18-12-24-76(93)79-48-39-68(58-96(79)106)65-42-51-89-82(55-65)73-21-9-15-27-86(73)101(89,5)6/h7-59H,1-6H3. The molecule has 0 saturated carbocycles. The molecular weight excluding hydrogens is 1280 g/mol. The molecule has 0 amide bonds. The minimum atomic E-state index is -0.0841. The fraction of sp³-hybridized carbons (Fsp3) is 0.0891. The molecule has 500 valence electrons. The van der Waals surface area contributed by atoms with Crippen molar-refractivity contribution < 1.29 is 0 Å². The summed E-state index contributed by atoms with van der Waals surface area (Å²) in [6.07, 6.45) is 0. The summed E-state index contributed by atoms with van der Waals surface area (Å²) in [5, 5.41) is 8.14. The molecule has 3 aliphatic rings. The summed E-state index contributed by atoms with van der Waals surface area (Å²) >= 11 is 0. The second kappa shape index (κ2) is 22.0. The second-order valence-corrected chi connectivity index (χ2v) is 31.2. The monoisotopic (exact) mass is 1350 g/mol. The molecule has 19 aromatic rings. The fourth-order valence-electron chi connectivity index (χ4n) is 19.1. The van der Waals surface area contributed by atoms with E-state index in [1.165, 1.54) is 127 Å².